The molecule has 0 N–H and O–H groups in total. The molecule has 0 atom stereocenters. The SMILES string of the molecule is CC.CC.CC.CN1CCc2ccccc2C1. The molecule has 0 radical (unpaired) electrons. The van der Waals surface area contributed by atoms with Crippen molar-refractivity contribution in [2.24, 2.45) is 0 Å². The molecule has 1 aliphatic rings. The van der Waals surface area contributed by atoms with Crippen LogP contribution in [0.2, 0.25) is 0 Å². The highest BCUT2D eigenvalue weighted by atomic mass is 15.1. The molecule has 0 amide bonds. The van der Waals surface area contributed by atoms with Gasteiger partial charge >= 0.3 is 0 Å². The van der Waals surface area contributed by atoms with Crippen molar-refractivity contribution in [3.05, 3.63) is 35.4 Å². The van der Waals surface area contributed by atoms with E-state index >= 15 is 0 Å². The smallest absolute Gasteiger partial charge is 0.0233 e. The second-order valence-electron chi connectivity index (χ2n) is 3.26. The maximum Gasteiger partial charge on any atom is 0.0233 e. The lowest BCUT2D eigenvalue weighted by atomic mass is 10.0. The zero-order chi connectivity index (χ0) is 13.7. The Kier molecular flexibility index (Phi) is 14.4. The first-order valence-electron chi connectivity index (χ1n) is 7.11. The topological polar surface area (TPSA) is 3.24 Å². The third-order valence-corrected chi connectivity index (χ3v) is 2.32. The minimum Gasteiger partial charge on any atom is -0.302 e. The van der Waals surface area contributed by atoms with E-state index in [9.17, 15) is 0 Å². The lowest BCUT2D eigenvalue weighted by Crippen LogP contribution is -2.26. The molecule has 0 aliphatic carbocycles. The lowest BCUT2D eigenvalue weighted by Gasteiger charge is -2.24. The van der Waals surface area contributed by atoms with Crippen LogP contribution in [0.3, 0.4) is 0 Å². The monoisotopic (exact) mass is 237 g/mol. The quantitative estimate of drug-likeness (QED) is 0.629. The molecular weight excluding hydrogens is 206 g/mol. The van der Waals surface area contributed by atoms with Gasteiger partial charge in [-0.05, 0) is 24.6 Å². The van der Waals surface area contributed by atoms with Gasteiger partial charge in [-0.25, -0.2) is 0 Å². The molecule has 1 aromatic rings. The van der Waals surface area contributed by atoms with Crippen molar-refractivity contribution in [1.29, 1.82) is 0 Å². The maximum absolute atomic E-state index is 2.36. The van der Waals surface area contributed by atoms with E-state index < -0.39 is 0 Å². The van der Waals surface area contributed by atoms with E-state index in [-0.39, 0.29) is 0 Å². The van der Waals surface area contributed by atoms with Crippen molar-refractivity contribution in [2.75, 3.05) is 13.6 Å². The molecule has 1 heterocycles. The van der Waals surface area contributed by atoms with Gasteiger partial charge in [-0.15, -0.1) is 0 Å². The molecular formula is C16H31N. The van der Waals surface area contributed by atoms with E-state index in [1.54, 1.807) is 0 Å². The molecule has 1 aromatic carbocycles. The average Bonchev–Trinajstić information content (AvgIpc) is 2.45. The van der Waals surface area contributed by atoms with Gasteiger partial charge in [0.15, 0.2) is 0 Å². The predicted octanol–water partition coefficient (Wildman–Crippen LogP) is 4.75. The fourth-order valence-corrected chi connectivity index (χ4v) is 1.64. The fraction of sp³-hybridized carbons (Fsp3) is 0.625. The standard InChI is InChI=1S/C10H13N.3C2H6/c1-11-7-6-9-4-2-3-5-10(9)8-11;3*1-2/h2-5H,6-8H2,1H3;3*1-2H3. The second-order valence-corrected chi connectivity index (χ2v) is 3.26. The van der Waals surface area contributed by atoms with E-state index in [4.69, 9.17) is 0 Å². The Morgan fingerprint density at radius 3 is 1.82 bits per heavy atom. The zero-order valence-corrected chi connectivity index (χ0v) is 12.9. The van der Waals surface area contributed by atoms with Gasteiger partial charge < -0.3 is 4.90 Å². The number of hydrogen-bond acceptors (Lipinski definition) is 1. The average molecular weight is 237 g/mol. The van der Waals surface area contributed by atoms with Crippen molar-refractivity contribution >= 4 is 0 Å². The van der Waals surface area contributed by atoms with Gasteiger partial charge in [0.1, 0.15) is 0 Å². The number of benzene rings is 1. The molecule has 0 fully saturated rings. The van der Waals surface area contributed by atoms with Gasteiger partial charge in [0.2, 0.25) is 0 Å². The van der Waals surface area contributed by atoms with Gasteiger partial charge in [-0.1, -0.05) is 65.8 Å². The highest BCUT2D eigenvalue weighted by Crippen LogP contribution is 2.16. The summed E-state index contributed by atoms with van der Waals surface area (Å²) in [5, 5.41) is 0. The van der Waals surface area contributed by atoms with Crippen molar-refractivity contribution in [3.63, 3.8) is 0 Å². The van der Waals surface area contributed by atoms with Gasteiger partial charge in [0.05, 0.1) is 0 Å². The Hall–Kier alpha value is -0.820. The third kappa shape index (κ3) is 7.17. The van der Waals surface area contributed by atoms with E-state index in [2.05, 4.69) is 36.2 Å². The van der Waals surface area contributed by atoms with Crippen LogP contribution in [0.5, 0.6) is 0 Å². The van der Waals surface area contributed by atoms with Gasteiger partial charge in [0.25, 0.3) is 0 Å². The van der Waals surface area contributed by atoms with E-state index in [0.29, 0.717) is 0 Å². The molecule has 0 unspecified atom stereocenters. The van der Waals surface area contributed by atoms with Gasteiger partial charge in [-0.2, -0.15) is 0 Å². The van der Waals surface area contributed by atoms with Crippen LogP contribution in [0.4, 0.5) is 0 Å². The molecule has 100 valence electrons. The first kappa shape index (κ1) is 18.5. The Bertz CT molecular complexity index is 255. The first-order valence-corrected chi connectivity index (χ1v) is 7.11. The molecule has 1 aliphatic heterocycles. The van der Waals surface area contributed by atoms with Crippen molar-refractivity contribution in [1.82, 2.24) is 4.90 Å². The summed E-state index contributed by atoms with van der Waals surface area (Å²) in [5.41, 5.74) is 3.03. The van der Waals surface area contributed by atoms with Gasteiger partial charge in [0, 0.05) is 13.1 Å². The Morgan fingerprint density at radius 1 is 0.824 bits per heavy atom. The summed E-state index contributed by atoms with van der Waals surface area (Å²) in [5.74, 6) is 0. The minimum atomic E-state index is 1.12. The van der Waals surface area contributed by atoms with Crippen LogP contribution < -0.4 is 0 Å². The number of fused-ring (bicyclic) bond motifs is 1. The third-order valence-electron chi connectivity index (χ3n) is 2.32. The summed E-state index contributed by atoms with van der Waals surface area (Å²) in [6.07, 6.45) is 1.21. The van der Waals surface area contributed by atoms with E-state index in [1.807, 2.05) is 41.5 Å². The van der Waals surface area contributed by atoms with Crippen molar-refractivity contribution in [3.8, 4) is 0 Å². The Morgan fingerprint density at radius 2 is 1.29 bits per heavy atom. The number of hydrogen-bond donors (Lipinski definition) is 0. The zero-order valence-electron chi connectivity index (χ0n) is 12.9. The Labute approximate surface area is 109 Å². The summed E-state index contributed by atoms with van der Waals surface area (Å²) in [7, 11) is 2.18. The molecule has 17 heavy (non-hydrogen) atoms. The number of likely N-dealkylation sites (N-methyl/N-ethyl adjacent to an activating group) is 1. The van der Waals surface area contributed by atoms with Crippen LogP contribution in [0.15, 0.2) is 24.3 Å². The number of nitrogens with zero attached hydrogens (tertiary/aromatic N) is 1. The first-order chi connectivity index (χ1) is 8.36. The normalized spacial score (nSPS) is 12.6. The van der Waals surface area contributed by atoms with Crippen LogP contribution in [0.25, 0.3) is 0 Å². The van der Waals surface area contributed by atoms with E-state index in [0.717, 1.165) is 6.54 Å². The summed E-state index contributed by atoms with van der Waals surface area (Å²) in [6, 6.07) is 8.72. The summed E-state index contributed by atoms with van der Waals surface area (Å²) in [4.78, 5) is 2.36. The lowest BCUT2D eigenvalue weighted by molar-refractivity contribution is 0.313. The largest absolute Gasteiger partial charge is 0.302 e. The van der Waals surface area contributed by atoms with Crippen molar-refractivity contribution < 1.29 is 0 Å². The molecule has 2 rings (SSSR count). The van der Waals surface area contributed by atoms with Crippen molar-refractivity contribution in [2.45, 2.75) is 54.5 Å². The highest BCUT2D eigenvalue weighted by Gasteiger charge is 2.10. The van der Waals surface area contributed by atoms with Crippen LogP contribution in [-0.2, 0) is 13.0 Å². The fourth-order valence-electron chi connectivity index (χ4n) is 1.64. The summed E-state index contributed by atoms with van der Waals surface area (Å²) < 4.78 is 0. The van der Waals surface area contributed by atoms with E-state index in [1.165, 1.54) is 24.1 Å². The van der Waals surface area contributed by atoms with Crippen LogP contribution in [-0.4, -0.2) is 18.5 Å². The predicted molar refractivity (Wildman–Crippen MR) is 80.5 cm³/mol. The minimum absolute atomic E-state index is 1.12. The number of rotatable bonds is 0. The highest BCUT2D eigenvalue weighted by molar-refractivity contribution is 5.28. The molecule has 1 heteroatoms. The van der Waals surface area contributed by atoms with Crippen LogP contribution in [0, 0.1) is 0 Å². The molecule has 0 spiro atoms. The van der Waals surface area contributed by atoms with Gasteiger partial charge in [-0.3, -0.25) is 0 Å². The van der Waals surface area contributed by atoms with Crippen LogP contribution >= 0.6 is 0 Å². The summed E-state index contributed by atoms with van der Waals surface area (Å²) in [6.45, 7) is 14.3. The Balaban J connectivity index is 0. The second kappa shape index (κ2) is 13.2. The maximum atomic E-state index is 2.36. The molecule has 0 bridgehead atoms. The molecule has 1 nitrogen and oxygen atoms in total. The molecule has 0 aromatic heterocycles. The van der Waals surface area contributed by atoms with Crippen LogP contribution in [0.1, 0.15) is 52.7 Å². The molecule has 0 saturated heterocycles. The molecule has 0 saturated carbocycles. The summed E-state index contributed by atoms with van der Waals surface area (Å²) >= 11 is 0.